The number of esters is 1. The third kappa shape index (κ3) is 3.35. The summed E-state index contributed by atoms with van der Waals surface area (Å²) in [6.45, 7) is 7.55. The predicted octanol–water partition coefficient (Wildman–Crippen LogP) is 3.44. The molecule has 0 aliphatic carbocycles. The predicted molar refractivity (Wildman–Crippen MR) is 99.4 cm³/mol. The molecule has 6 nitrogen and oxygen atoms in total. The summed E-state index contributed by atoms with van der Waals surface area (Å²) in [7, 11) is 1.34. The van der Waals surface area contributed by atoms with Crippen LogP contribution in [0.2, 0.25) is 0 Å². The largest absolute Gasteiger partial charge is 0.468 e. The van der Waals surface area contributed by atoms with Crippen LogP contribution < -0.4 is 4.80 Å². The molecule has 0 saturated heterocycles. The lowest BCUT2D eigenvalue weighted by atomic mass is 10.1. The van der Waals surface area contributed by atoms with E-state index in [0.717, 1.165) is 21.3 Å². The molecule has 2 aromatic heterocycles. The highest BCUT2D eigenvalue weighted by atomic mass is 32.1. The van der Waals surface area contributed by atoms with Gasteiger partial charge in [-0.2, -0.15) is 4.99 Å². The molecule has 0 atom stereocenters. The highest BCUT2D eigenvalue weighted by Crippen LogP contribution is 2.22. The first kappa shape index (κ1) is 18.1. The summed E-state index contributed by atoms with van der Waals surface area (Å²) in [6.07, 6.45) is 0. The summed E-state index contributed by atoms with van der Waals surface area (Å²) in [5, 5.41) is 0. The molecule has 1 aromatic carbocycles. The average molecular weight is 372 g/mol. The van der Waals surface area contributed by atoms with Crippen LogP contribution in [-0.2, 0) is 16.1 Å². The third-order valence-electron chi connectivity index (χ3n) is 4.28. The topological polar surface area (TPSA) is 73.8 Å². The molecule has 2 heterocycles. The first-order chi connectivity index (χ1) is 12.3. The maximum atomic E-state index is 12.6. The lowest BCUT2D eigenvalue weighted by molar-refractivity contribution is -0.141. The zero-order valence-electron chi connectivity index (χ0n) is 15.4. The average Bonchev–Trinajstić information content (AvgIpc) is 3.08. The van der Waals surface area contributed by atoms with Gasteiger partial charge in [-0.1, -0.05) is 11.3 Å². The molecule has 136 valence electrons. The van der Waals surface area contributed by atoms with Crippen LogP contribution in [0.25, 0.3) is 10.2 Å². The molecule has 0 bridgehead atoms. The number of ether oxygens (including phenoxy) is 1. The van der Waals surface area contributed by atoms with Crippen molar-refractivity contribution in [3.8, 4) is 0 Å². The Morgan fingerprint density at radius 1 is 1.15 bits per heavy atom. The van der Waals surface area contributed by atoms with Crippen molar-refractivity contribution < 1.29 is 18.7 Å². The Balaban J connectivity index is 2.20. The fourth-order valence-electron chi connectivity index (χ4n) is 2.74. The number of benzene rings is 1. The Labute approximate surface area is 154 Å². The van der Waals surface area contributed by atoms with E-state index in [-0.39, 0.29) is 6.54 Å². The number of aryl methyl sites for hydroxylation is 4. The van der Waals surface area contributed by atoms with E-state index in [9.17, 15) is 9.59 Å². The summed E-state index contributed by atoms with van der Waals surface area (Å²) in [5.74, 6) is 0.403. The van der Waals surface area contributed by atoms with Crippen molar-refractivity contribution >= 4 is 33.4 Å². The number of amides is 1. The Bertz CT molecular complexity index is 1090. The van der Waals surface area contributed by atoms with Crippen LogP contribution in [0.5, 0.6) is 0 Å². The SMILES string of the molecule is COC(=O)Cn1c(=NC(=O)c2cc(C)oc2C)sc2cc(C)c(C)cc21. The molecule has 0 saturated carbocycles. The van der Waals surface area contributed by atoms with E-state index >= 15 is 0 Å². The summed E-state index contributed by atoms with van der Waals surface area (Å²) >= 11 is 1.37. The van der Waals surface area contributed by atoms with Gasteiger partial charge in [-0.15, -0.1) is 0 Å². The second kappa shape index (κ2) is 6.92. The van der Waals surface area contributed by atoms with Crippen molar-refractivity contribution in [1.82, 2.24) is 4.57 Å². The van der Waals surface area contributed by atoms with Crippen LogP contribution in [0.3, 0.4) is 0 Å². The molecule has 3 aromatic rings. The molecule has 0 spiro atoms. The minimum atomic E-state index is -0.396. The Morgan fingerprint density at radius 3 is 2.46 bits per heavy atom. The van der Waals surface area contributed by atoms with Gasteiger partial charge in [-0.05, 0) is 57.0 Å². The van der Waals surface area contributed by atoms with E-state index < -0.39 is 11.9 Å². The van der Waals surface area contributed by atoms with Crippen molar-refractivity contribution in [2.75, 3.05) is 7.11 Å². The van der Waals surface area contributed by atoms with Gasteiger partial charge in [0.15, 0.2) is 4.80 Å². The molecule has 7 heteroatoms. The van der Waals surface area contributed by atoms with Gasteiger partial charge in [0.1, 0.15) is 18.1 Å². The number of rotatable bonds is 3. The Kier molecular flexibility index (Phi) is 4.82. The van der Waals surface area contributed by atoms with E-state index in [1.807, 2.05) is 26.0 Å². The van der Waals surface area contributed by atoms with E-state index in [4.69, 9.17) is 9.15 Å². The zero-order valence-corrected chi connectivity index (χ0v) is 16.2. The third-order valence-corrected chi connectivity index (χ3v) is 5.32. The Morgan fingerprint density at radius 2 is 1.85 bits per heavy atom. The normalized spacial score (nSPS) is 12.0. The molecular formula is C19H20N2O4S. The number of hydrogen-bond acceptors (Lipinski definition) is 5. The van der Waals surface area contributed by atoms with Gasteiger partial charge in [-0.3, -0.25) is 9.59 Å². The van der Waals surface area contributed by atoms with Gasteiger partial charge >= 0.3 is 5.97 Å². The monoisotopic (exact) mass is 372 g/mol. The number of methoxy groups -OCH3 is 1. The number of carbonyl (C=O) groups excluding carboxylic acids is 2. The molecule has 0 radical (unpaired) electrons. The van der Waals surface area contributed by atoms with E-state index in [1.54, 1.807) is 24.5 Å². The number of aromatic nitrogens is 1. The summed E-state index contributed by atoms with van der Waals surface area (Å²) < 4.78 is 12.9. The van der Waals surface area contributed by atoms with Crippen molar-refractivity contribution in [2.45, 2.75) is 34.2 Å². The van der Waals surface area contributed by atoms with Crippen molar-refractivity contribution in [2.24, 2.45) is 4.99 Å². The van der Waals surface area contributed by atoms with Gasteiger partial charge in [0.2, 0.25) is 0 Å². The number of hydrogen-bond donors (Lipinski definition) is 0. The summed E-state index contributed by atoms with van der Waals surface area (Å²) in [4.78, 5) is 29.2. The van der Waals surface area contributed by atoms with Crippen LogP contribution in [0.15, 0.2) is 27.6 Å². The van der Waals surface area contributed by atoms with Crippen molar-refractivity contribution in [3.05, 3.63) is 51.2 Å². The number of fused-ring (bicyclic) bond motifs is 1. The van der Waals surface area contributed by atoms with E-state index in [1.165, 1.54) is 18.4 Å². The van der Waals surface area contributed by atoms with Crippen molar-refractivity contribution in [3.63, 3.8) is 0 Å². The second-order valence-corrected chi connectivity index (χ2v) is 7.20. The van der Waals surface area contributed by atoms with Gasteiger partial charge in [0, 0.05) is 0 Å². The van der Waals surface area contributed by atoms with Gasteiger partial charge in [0.05, 0.1) is 22.9 Å². The lowest BCUT2D eigenvalue weighted by Gasteiger charge is -2.05. The molecule has 0 fully saturated rings. The van der Waals surface area contributed by atoms with E-state index in [0.29, 0.717) is 21.9 Å². The van der Waals surface area contributed by atoms with Crippen LogP contribution in [0.4, 0.5) is 0 Å². The molecule has 0 unspecified atom stereocenters. The highest BCUT2D eigenvalue weighted by molar-refractivity contribution is 7.16. The number of nitrogens with zero attached hydrogens (tertiary/aromatic N) is 2. The maximum absolute atomic E-state index is 12.6. The number of thiazole rings is 1. The molecule has 0 aliphatic heterocycles. The van der Waals surface area contributed by atoms with Crippen molar-refractivity contribution in [1.29, 1.82) is 0 Å². The van der Waals surface area contributed by atoms with Crippen LogP contribution >= 0.6 is 11.3 Å². The minimum absolute atomic E-state index is 0.00545. The molecule has 0 N–H and O–H groups in total. The number of furan rings is 1. The van der Waals surface area contributed by atoms with Gasteiger partial charge < -0.3 is 13.7 Å². The van der Waals surface area contributed by atoms with Crippen LogP contribution in [0.1, 0.15) is 33.0 Å². The maximum Gasteiger partial charge on any atom is 0.325 e. The fraction of sp³-hybridized carbons (Fsp3) is 0.316. The smallest absolute Gasteiger partial charge is 0.325 e. The van der Waals surface area contributed by atoms with Crippen LogP contribution in [-0.4, -0.2) is 23.6 Å². The summed E-state index contributed by atoms with van der Waals surface area (Å²) in [5.41, 5.74) is 3.53. The Hall–Kier alpha value is -2.67. The second-order valence-electron chi connectivity index (χ2n) is 6.19. The molecule has 1 amide bonds. The molecule has 26 heavy (non-hydrogen) atoms. The molecular weight excluding hydrogens is 352 g/mol. The number of carbonyl (C=O) groups is 2. The minimum Gasteiger partial charge on any atom is -0.468 e. The standard InChI is InChI=1S/C19H20N2O4S/c1-10-6-15-16(7-11(10)2)26-19(21(15)9-17(22)24-5)20-18(23)14-8-12(3)25-13(14)4/h6-8H,9H2,1-5H3. The quantitative estimate of drug-likeness (QED) is 0.660. The molecule has 0 aliphatic rings. The first-order valence-corrected chi connectivity index (χ1v) is 8.95. The first-order valence-electron chi connectivity index (χ1n) is 8.13. The highest BCUT2D eigenvalue weighted by Gasteiger charge is 2.16. The lowest BCUT2D eigenvalue weighted by Crippen LogP contribution is -2.22. The van der Waals surface area contributed by atoms with Gasteiger partial charge in [0.25, 0.3) is 5.91 Å². The zero-order chi connectivity index (χ0) is 19.0. The van der Waals surface area contributed by atoms with E-state index in [2.05, 4.69) is 4.99 Å². The van der Waals surface area contributed by atoms with Gasteiger partial charge in [-0.25, -0.2) is 0 Å². The fourth-order valence-corrected chi connectivity index (χ4v) is 3.85. The van der Waals surface area contributed by atoms with Crippen LogP contribution in [0, 0.1) is 27.7 Å². The molecule has 3 rings (SSSR count). The summed E-state index contributed by atoms with van der Waals surface area (Å²) in [6, 6.07) is 5.72.